The molecule has 0 bridgehead atoms. The second-order valence-corrected chi connectivity index (χ2v) is 10.0. The molecular weight excluding hydrogens is 482 g/mol. The van der Waals surface area contributed by atoms with Gasteiger partial charge in [-0.1, -0.05) is 23.7 Å². The van der Waals surface area contributed by atoms with Crippen LogP contribution in [0.25, 0.3) is 11.0 Å². The average molecular weight is 506 g/mol. The Morgan fingerprint density at radius 1 is 1.03 bits per heavy atom. The van der Waals surface area contributed by atoms with E-state index in [1.165, 1.54) is 0 Å². The van der Waals surface area contributed by atoms with E-state index in [4.69, 9.17) is 11.6 Å². The van der Waals surface area contributed by atoms with Crippen molar-refractivity contribution in [3.63, 3.8) is 0 Å². The molecule has 2 N–H and O–H groups in total. The second-order valence-electron chi connectivity index (χ2n) is 9.64. The highest BCUT2D eigenvalue weighted by atomic mass is 35.5. The van der Waals surface area contributed by atoms with Crippen LogP contribution in [0, 0.1) is 0 Å². The van der Waals surface area contributed by atoms with Crippen molar-refractivity contribution < 1.29 is 19.2 Å². The Kier molecular flexibility index (Phi) is 5.52. The number of nitrogens with zero attached hydrogens (tertiary/aromatic N) is 3. The number of likely N-dealkylation sites (tertiary alicyclic amines) is 1. The van der Waals surface area contributed by atoms with Gasteiger partial charge in [0.15, 0.2) is 0 Å². The van der Waals surface area contributed by atoms with Crippen LogP contribution in [0.1, 0.15) is 63.6 Å². The molecule has 1 atom stereocenters. The number of piperidine rings is 2. The standard InChI is InChI=1S/C26H24ClN5O4/c27-21-5-2-16-12-19(28-23(16)29-21)26(36)31-9-7-14(8-10-31)15-1-3-18-17(11-15)13-32(25(18)35)20-4-6-22(33)30-24(20)34/h1-3,5,11-12,14,20H,4,6-10,13H2,(H,28,29)(H,30,33,34). The van der Waals surface area contributed by atoms with Crippen molar-refractivity contribution in [2.75, 3.05) is 13.1 Å². The topological polar surface area (TPSA) is 115 Å². The largest absolute Gasteiger partial charge is 0.337 e. The molecule has 3 aliphatic heterocycles. The number of hydrogen-bond acceptors (Lipinski definition) is 5. The lowest BCUT2D eigenvalue weighted by Gasteiger charge is -2.32. The number of nitrogens with one attached hydrogen (secondary N) is 2. The minimum atomic E-state index is -0.615. The van der Waals surface area contributed by atoms with E-state index < -0.39 is 11.9 Å². The molecule has 4 amide bonds. The summed E-state index contributed by atoms with van der Waals surface area (Å²) in [7, 11) is 0. The number of aromatic nitrogens is 2. The van der Waals surface area contributed by atoms with Crippen LogP contribution >= 0.6 is 11.6 Å². The second kappa shape index (κ2) is 8.74. The lowest BCUT2D eigenvalue weighted by molar-refractivity contribution is -0.136. The molecule has 2 saturated heterocycles. The normalized spacial score (nSPS) is 20.7. The summed E-state index contributed by atoms with van der Waals surface area (Å²) in [5.74, 6) is -0.637. The van der Waals surface area contributed by atoms with Gasteiger partial charge in [-0.25, -0.2) is 4.98 Å². The van der Waals surface area contributed by atoms with Crippen LogP contribution in [-0.4, -0.2) is 62.5 Å². The van der Waals surface area contributed by atoms with Gasteiger partial charge in [0.1, 0.15) is 22.5 Å². The molecule has 1 aromatic carbocycles. The summed E-state index contributed by atoms with van der Waals surface area (Å²) < 4.78 is 0. The number of pyridine rings is 1. The first-order valence-electron chi connectivity index (χ1n) is 12.1. The SMILES string of the molecule is O=C1CCC(N2Cc3cc(C4CCN(C(=O)c5cc6ccc(Cl)nc6[nH]5)CC4)ccc3C2=O)C(=O)N1. The minimum Gasteiger partial charge on any atom is -0.337 e. The molecule has 9 nitrogen and oxygen atoms in total. The molecule has 3 aromatic rings. The highest BCUT2D eigenvalue weighted by Crippen LogP contribution is 2.34. The fraction of sp³-hybridized carbons (Fsp3) is 0.346. The quantitative estimate of drug-likeness (QED) is 0.419. The molecule has 0 spiro atoms. The van der Waals surface area contributed by atoms with Gasteiger partial charge < -0.3 is 14.8 Å². The van der Waals surface area contributed by atoms with Crippen LogP contribution in [0.15, 0.2) is 36.4 Å². The van der Waals surface area contributed by atoms with Crippen LogP contribution in [0.5, 0.6) is 0 Å². The zero-order chi connectivity index (χ0) is 25.0. The fourth-order valence-corrected chi connectivity index (χ4v) is 5.68. The number of imide groups is 1. The van der Waals surface area contributed by atoms with Gasteiger partial charge in [0.25, 0.3) is 11.8 Å². The molecule has 3 aliphatic rings. The van der Waals surface area contributed by atoms with E-state index in [2.05, 4.69) is 21.4 Å². The van der Waals surface area contributed by atoms with Gasteiger partial charge in [0, 0.05) is 37.0 Å². The summed E-state index contributed by atoms with van der Waals surface area (Å²) in [4.78, 5) is 60.5. The third kappa shape index (κ3) is 3.93. The van der Waals surface area contributed by atoms with E-state index >= 15 is 0 Å². The summed E-state index contributed by atoms with van der Waals surface area (Å²) in [5.41, 5.74) is 3.76. The zero-order valence-electron chi connectivity index (χ0n) is 19.4. The number of fused-ring (bicyclic) bond motifs is 2. The monoisotopic (exact) mass is 505 g/mol. The van der Waals surface area contributed by atoms with Crippen molar-refractivity contribution in [1.29, 1.82) is 0 Å². The van der Waals surface area contributed by atoms with Gasteiger partial charge in [0.05, 0.1) is 0 Å². The highest BCUT2D eigenvalue weighted by molar-refractivity contribution is 6.29. The Balaban J connectivity index is 1.12. The molecule has 0 saturated carbocycles. The third-order valence-electron chi connectivity index (χ3n) is 7.48. The number of benzene rings is 1. The molecule has 1 unspecified atom stereocenters. The van der Waals surface area contributed by atoms with Crippen molar-refractivity contribution in [2.45, 2.75) is 44.2 Å². The summed E-state index contributed by atoms with van der Waals surface area (Å²) in [6.07, 6.45) is 2.23. The maximum Gasteiger partial charge on any atom is 0.270 e. The van der Waals surface area contributed by atoms with Crippen molar-refractivity contribution in [3.8, 4) is 0 Å². The Hall–Kier alpha value is -3.72. The van der Waals surface area contributed by atoms with Crippen LogP contribution in [0.2, 0.25) is 5.15 Å². The molecule has 6 rings (SSSR count). The minimum absolute atomic E-state index is 0.0537. The number of carbonyl (C=O) groups excluding carboxylic acids is 4. The van der Waals surface area contributed by atoms with E-state index in [0.717, 1.165) is 29.4 Å². The Morgan fingerprint density at radius 2 is 1.83 bits per heavy atom. The van der Waals surface area contributed by atoms with Crippen LogP contribution in [0.4, 0.5) is 0 Å². The first kappa shape index (κ1) is 22.7. The van der Waals surface area contributed by atoms with Gasteiger partial charge in [-0.05, 0) is 60.6 Å². The molecular formula is C26H24ClN5O4. The maximum absolute atomic E-state index is 13.1. The summed E-state index contributed by atoms with van der Waals surface area (Å²) in [5, 5.41) is 3.56. The van der Waals surface area contributed by atoms with Gasteiger partial charge in [-0.15, -0.1) is 0 Å². The number of aromatic amines is 1. The smallest absolute Gasteiger partial charge is 0.270 e. The number of amides is 4. The lowest BCUT2D eigenvalue weighted by Crippen LogP contribution is -2.52. The molecule has 0 radical (unpaired) electrons. The van der Waals surface area contributed by atoms with Gasteiger partial charge >= 0.3 is 0 Å². The Labute approximate surface area is 211 Å². The average Bonchev–Trinajstić information content (AvgIpc) is 3.44. The number of hydrogen-bond donors (Lipinski definition) is 2. The van der Waals surface area contributed by atoms with E-state index in [1.807, 2.05) is 23.1 Å². The zero-order valence-corrected chi connectivity index (χ0v) is 20.2. The number of halogens is 1. The number of rotatable bonds is 3. The Bertz CT molecular complexity index is 1420. The summed E-state index contributed by atoms with van der Waals surface area (Å²) in [6.45, 7) is 1.63. The van der Waals surface area contributed by atoms with Crippen molar-refractivity contribution >= 4 is 46.3 Å². The molecule has 2 fully saturated rings. The van der Waals surface area contributed by atoms with Gasteiger partial charge in [-0.2, -0.15) is 0 Å². The first-order valence-corrected chi connectivity index (χ1v) is 12.5. The van der Waals surface area contributed by atoms with Crippen LogP contribution in [-0.2, 0) is 16.1 Å². The molecule has 10 heteroatoms. The summed E-state index contributed by atoms with van der Waals surface area (Å²) in [6, 6.07) is 10.6. The van der Waals surface area contributed by atoms with E-state index in [9.17, 15) is 19.2 Å². The predicted molar refractivity (Wildman–Crippen MR) is 131 cm³/mol. The van der Waals surface area contributed by atoms with E-state index in [0.29, 0.717) is 48.1 Å². The van der Waals surface area contributed by atoms with E-state index in [1.54, 1.807) is 17.0 Å². The molecule has 184 valence electrons. The highest BCUT2D eigenvalue weighted by Gasteiger charge is 2.39. The fourth-order valence-electron chi connectivity index (χ4n) is 5.53. The van der Waals surface area contributed by atoms with Crippen LogP contribution in [0.3, 0.4) is 0 Å². The first-order chi connectivity index (χ1) is 17.4. The number of H-pyrrole nitrogens is 1. The molecule has 36 heavy (non-hydrogen) atoms. The molecule has 0 aliphatic carbocycles. The predicted octanol–water partition coefficient (Wildman–Crippen LogP) is 3.00. The lowest BCUT2D eigenvalue weighted by atomic mass is 9.88. The van der Waals surface area contributed by atoms with E-state index in [-0.39, 0.29) is 30.1 Å². The number of carbonyl (C=O) groups is 4. The van der Waals surface area contributed by atoms with Crippen LogP contribution < -0.4 is 5.32 Å². The summed E-state index contributed by atoms with van der Waals surface area (Å²) >= 11 is 5.96. The Morgan fingerprint density at radius 3 is 2.61 bits per heavy atom. The molecule has 2 aromatic heterocycles. The van der Waals surface area contributed by atoms with Crippen molar-refractivity contribution in [2.24, 2.45) is 0 Å². The van der Waals surface area contributed by atoms with Crippen molar-refractivity contribution in [1.82, 2.24) is 25.1 Å². The molecule has 5 heterocycles. The third-order valence-corrected chi connectivity index (χ3v) is 7.69. The van der Waals surface area contributed by atoms with Gasteiger partial charge in [0.2, 0.25) is 11.8 Å². The van der Waals surface area contributed by atoms with Gasteiger partial charge in [-0.3, -0.25) is 24.5 Å². The van der Waals surface area contributed by atoms with Crippen molar-refractivity contribution in [3.05, 3.63) is 63.9 Å². The maximum atomic E-state index is 13.1.